The zero-order chi connectivity index (χ0) is 20.4. The van der Waals surface area contributed by atoms with Gasteiger partial charge in [-0.1, -0.05) is 18.2 Å². The van der Waals surface area contributed by atoms with Gasteiger partial charge in [-0.15, -0.1) is 0 Å². The topological polar surface area (TPSA) is 73.9 Å². The lowest BCUT2D eigenvalue weighted by molar-refractivity contribution is -0.132. The number of amides is 2. The second-order valence-corrected chi connectivity index (χ2v) is 7.47. The van der Waals surface area contributed by atoms with E-state index in [-0.39, 0.29) is 17.9 Å². The van der Waals surface area contributed by atoms with E-state index in [1.165, 1.54) is 5.69 Å². The Morgan fingerprint density at radius 1 is 1.14 bits per heavy atom. The van der Waals surface area contributed by atoms with Crippen LogP contribution in [0.3, 0.4) is 0 Å². The molecular weight excluding hydrogens is 368 g/mol. The molecule has 7 heteroatoms. The quantitative estimate of drug-likeness (QED) is 0.834. The normalized spacial score (nSPS) is 19.7. The molecule has 2 aromatic rings. The van der Waals surface area contributed by atoms with E-state index < -0.39 is 6.10 Å². The molecule has 4 rings (SSSR count). The van der Waals surface area contributed by atoms with E-state index in [2.05, 4.69) is 27.7 Å². The van der Waals surface area contributed by atoms with Gasteiger partial charge in [-0.05, 0) is 44.2 Å². The molecule has 2 N–H and O–H groups in total. The average Bonchev–Trinajstić information content (AvgIpc) is 2.75. The van der Waals surface area contributed by atoms with Crippen molar-refractivity contribution in [2.24, 2.45) is 0 Å². The molecule has 7 nitrogen and oxygen atoms in total. The van der Waals surface area contributed by atoms with Crippen LogP contribution < -0.4 is 20.3 Å². The number of carbonyl (C=O) groups is 2. The Labute approximate surface area is 170 Å². The third-order valence-corrected chi connectivity index (χ3v) is 5.38. The van der Waals surface area contributed by atoms with Crippen molar-refractivity contribution in [3.63, 3.8) is 0 Å². The minimum Gasteiger partial charge on any atom is -0.479 e. The predicted molar refractivity (Wildman–Crippen MR) is 113 cm³/mol. The van der Waals surface area contributed by atoms with Crippen LogP contribution in [0.5, 0.6) is 5.75 Å². The molecule has 2 aliphatic rings. The minimum atomic E-state index is -0.503. The van der Waals surface area contributed by atoms with Crippen molar-refractivity contribution in [3.8, 4) is 5.75 Å². The van der Waals surface area contributed by atoms with Crippen LogP contribution in [-0.4, -0.2) is 55.0 Å². The summed E-state index contributed by atoms with van der Waals surface area (Å²) in [7, 11) is 0. The fourth-order valence-corrected chi connectivity index (χ4v) is 3.71. The summed E-state index contributed by atoms with van der Waals surface area (Å²) >= 11 is 0. The molecule has 0 aliphatic carbocycles. The fourth-order valence-electron chi connectivity index (χ4n) is 3.71. The summed E-state index contributed by atoms with van der Waals surface area (Å²) in [6.45, 7) is 6.62. The van der Waals surface area contributed by atoms with Crippen molar-refractivity contribution in [1.82, 2.24) is 4.90 Å². The Kier molecular flexibility index (Phi) is 5.29. The molecule has 0 bridgehead atoms. The number of nitrogens with one attached hydrogen (secondary N) is 2. The standard InChI is InChI=1S/C22H26N4O3/c1-15(23-17-8-9-20-19(14-17)24-21(27)16(2)29-20)22(28)26-12-10-25(11-13-26)18-6-4-3-5-7-18/h3-9,14-16,23H,10-13H2,1-2H3,(H,24,27). The molecule has 2 amide bonds. The van der Waals surface area contributed by atoms with Gasteiger partial charge >= 0.3 is 0 Å². The number of hydrogen-bond acceptors (Lipinski definition) is 5. The Hall–Kier alpha value is -3.22. The van der Waals surface area contributed by atoms with Gasteiger partial charge in [-0.3, -0.25) is 9.59 Å². The van der Waals surface area contributed by atoms with Gasteiger partial charge in [0.15, 0.2) is 6.10 Å². The number of para-hydroxylation sites is 1. The Balaban J connectivity index is 1.34. The molecule has 0 radical (unpaired) electrons. The zero-order valence-electron chi connectivity index (χ0n) is 16.7. The van der Waals surface area contributed by atoms with Crippen LogP contribution in [0.4, 0.5) is 17.1 Å². The maximum atomic E-state index is 12.9. The summed E-state index contributed by atoms with van der Waals surface area (Å²) in [5.41, 5.74) is 2.58. The van der Waals surface area contributed by atoms with Gasteiger partial charge in [0.25, 0.3) is 5.91 Å². The van der Waals surface area contributed by atoms with Gasteiger partial charge < -0.3 is 25.2 Å². The predicted octanol–water partition coefficient (Wildman–Crippen LogP) is 2.56. The van der Waals surface area contributed by atoms with Gasteiger partial charge in [0, 0.05) is 37.6 Å². The highest BCUT2D eigenvalue weighted by Crippen LogP contribution is 2.32. The summed E-state index contributed by atoms with van der Waals surface area (Å²) in [4.78, 5) is 28.9. The first-order valence-electron chi connectivity index (χ1n) is 9.98. The molecule has 1 fully saturated rings. The molecule has 0 saturated carbocycles. The number of hydrogen-bond donors (Lipinski definition) is 2. The highest BCUT2D eigenvalue weighted by molar-refractivity contribution is 5.98. The fraction of sp³-hybridized carbons (Fsp3) is 0.364. The van der Waals surface area contributed by atoms with Crippen molar-refractivity contribution in [2.75, 3.05) is 41.7 Å². The molecule has 0 spiro atoms. The zero-order valence-corrected chi connectivity index (χ0v) is 16.7. The molecule has 2 aliphatic heterocycles. The largest absolute Gasteiger partial charge is 0.479 e. The summed E-state index contributed by atoms with van der Waals surface area (Å²) in [6, 6.07) is 15.4. The van der Waals surface area contributed by atoms with Gasteiger partial charge in [0.05, 0.1) is 5.69 Å². The number of ether oxygens (including phenoxy) is 1. The van der Waals surface area contributed by atoms with E-state index in [4.69, 9.17) is 4.74 Å². The molecule has 0 aromatic heterocycles. The lowest BCUT2D eigenvalue weighted by Crippen LogP contribution is -2.52. The van der Waals surface area contributed by atoms with E-state index in [0.717, 1.165) is 18.8 Å². The molecular formula is C22H26N4O3. The van der Waals surface area contributed by atoms with Crippen LogP contribution in [-0.2, 0) is 9.59 Å². The summed E-state index contributed by atoms with van der Waals surface area (Å²) in [5.74, 6) is 0.540. The maximum Gasteiger partial charge on any atom is 0.265 e. The van der Waals surface area contributed by atoms with Crippen LogP contribution in [0, 0.1) is 0 Å². The van der Waals surface area contributed by atoms with Crippen molar-refractivity contribution in [2.45, 2.75) is 26.0 Å². The average molecular weight is 394 g/mol. The molecule has 2 unspecified atom stereocenters. The second-order valence-electron chi connectivity index (χ2n) is 7.47. The van der Waals surface area contributed by atoms with Crippen LogP contribution >= 0.6 is 0 Å². The Morgan fingerprint density at radius 3 is 2.59 bits per heavy atom. The number of nitrogens with zero attached hydrogens (tertiary/aromatic N) is 2. The van der Waals surface area contributed by atoms with Gasteiger partial charge in [0.2, 0.25) is 5.91 Å². The monoisotopic (exact) mass is 394 g/mol. The van der Waals surface area contributed by atoms with Crippen molar-refractivity contribution in [3.05, 3.63) is 48.5 Å². The number of benzene rings is 2. The number of piperazine rings is 1. The maximum absolute atomic E-state index is 12.9. The molecule has 2 atom stereocenters. The summed E-state index contributed by atoms with van der Waals surface area (Å²) < 4.78 is 5.57. The van der Waals surface area contributed by atoms with E-state index in [9.17, 15) is 9.59 Å². The highest BCUT2D eigenvalue weighted by atomic mass is 16.5. The summed E-state index contributed by atoms with van der Waals surface area (Å²) in [5, 5.41) is 6.08. The van der Waals surface area contributed by atoms with Crippen molar-refractivity contribution in [1.29, 1.82) is 0 Å². The van der Waals surface area contributed by atoms with E-state index in [0.29, 0.717) is 24.5 Å². The van der Waals surface area contributed by atoms with E-state index in [1.807, 2.05) is 42.2 Å². The van der Waals surface area contributed by atoms with Crippen molar-refractivity contribution < 1.29 is 14.3 Å². The van der Waals surface area contributed by atoms with Crippen LogP contribution in [0.2, 0.25) is 0 Å². The molecule has 2 aromatic carbocycles. The third-order valence-electron chi connectivity index (χ3n) is 5.38. The number of fused-ring (bicyclic) bond motifs is 1. The van der Waals surface area contributed by atoms with E-state index >= 15 is 0 Å². The smallest absolute Gasteiger partial charge is 0.265 e. The second kappa shape index (κ2) is 8.03. The molecule has 152 valence electrons. The van der Waals surface area contributed by atoms with Gasteiger partial charge in [-0.2, -0.15) is 0 Å². The first kappa shape index (κ1) is 19.1. The van der Waals surface area contributed by atoms with Gasteiger partial charge in [-0.25, -0.2) is 0 Å². The lowest BCUT2D eigenvalue weighted by Gasteiger charge is -2.37. The lowest BCUT2D eigenvalue weighted by atomic mass is 10.1. The van der Waals surface area contributed by atoms with Crippen LogP contribution in [0.1, 0.15) is 13.8 Å². The number of anilines is 3. The SMILES string of the molecule is CC(Nc1ccc2c(c1)NC(=O)C(C)O2)C(=O)N1CCN(c2ccccc2)CC1. The molecule has 1 saturated heterocycles. The highest BCUT2D eigenvalue weighted by Gasteiger charge is 2.26. The van der Waals surface area contributed by atoms with Crippen molar-refractivity contribution >= 4 is 28.9 Å². The Bertz CT molecular complexity index is 894. The molecule has 2 heterocycles. The third kappa shape index (κ3) is 4.13. The minimum absolute atomic E-state index is 0.0735. The molecule has 29 heavy (non-hydrogen) atoms. The van der Waals surface area contributed by atoms with E-state index in [1.54, 1.807) is 13.0 Å². The van der Waals surface area contributed by atoms with Crippen LogP contribution in [0.25, 0.3) is 0 Å². The van der Waals surface area contributed by atoms with Crippen LogP contribution in [0.15, 0.2) is 48.5 Å². The van der Waals surface area contributed by atoms with Gasteiger partial charge in [0.1, 0.15) is 11.8 Å². The number of carbonyl (C=O) groups excluding carboxylic acids is 2. The summed E-state index contributed by atoms with van der Waals surface area (Å²) in [6.07, 6.45) is -0.503. The first-order valence-corrected chi connectivity index (χ1v) is 9.98. The first-order chi connectivity index (χ1) is 14.0. The Morgan fingerprint density at radius 2 is 1.86 bits per heavy atom. The number of rotatable bonds is 4.